The fraction of sp³-hybridized carbons (Fsp3) is 0. The van der Waals surface area contributed by atoms with Gasteiger partial charge < -0.3 is 14.7 Å². The number of rotatable bonds is 3. The first kappa shape index (κ1) is 14.1. The van der Waals surface area contributed by atoms with E-state index in [4.69, 9.17) is 14.7 Å². The number of fused-ring (bicyclic) bond motifs is 1. The molecule has 2 N–H and O–H groups in total. The van der Waals surface area contributed by atoms with E-state index in [0.717, 1.165) is 26.4 Å². The van der Waals surface area contributed by atoms with Crippen molar-refractivity contribution in [2.75, 3.05) is 0 Å². The molecule has 5 heteroatoms. The minimum absolute atomic E-state index is 0.409. The van der Waals surface area contributed by atoms with Crippen LogP contribution in [0.2, 0.25) is 0 Å². The molecule has 0 aliphatic heterocycles. The van der Waals surface area contributed by atoms with Crippen LogP contribution in [-0.2, 0) is 0 Å². The Bertz CT molecular complexity index is 784. The Hall–Kier alpha value is -1.82. The molecule has 0 bridgehead atoms. The summed E-state index contributed by atoms with van der Waals surface area (Å²) >= 11 is 3.59. The van der Waals surface area contributed by atoms with Crippen LogP contribution in [0.1, 0.15) is 0 Å². The Morgan fingerprint density at radius 1 is 0.905 bits per heavy atom. The van der Waals surface area contributed by atoms with Crippen molar-refractivity contribution >= 4 is 34.0 Å². The zero-order valence-electron chi connectivity index (χ0n) is 11.0. The lowest BCUT2D eigenvalue weighted by atomic mass is 9.98. The van der Waals surface area contributed by atoms with E-state index in [-0.39, 0.29) is 0 Å². The molecule has 3 aromatic rings. The summed E-state index contributed by atoms with van der Waals surface area (Å²) in [5, 5.41) is 20.1. The Balaban J connectivity index is 2.17. The maximum absolute atomic E-state index is 8.91. The minimum atomic E-state index is -1.82. The van der Waals surface area contributed by atoms with Crippen molar-refractivity contribution in [2.45, 2.75) is 0 Å². The van der Waals surface area contributed by atoms with Crippen molar-refractivity contribution in [1.82, 2.24) is 0 Å². The molecule has 0 saturated heterocycles. The Morgan fingerprint density at radius 3 is 2.38 bits per heavy atom. The third kappa shape index (κ3) is 2.95. The van der Waals surface area contributed by atoms with E-state index in [1.165, 1.54) is 0 Å². The topological polar surface area (TPSA) is 49.7 Å². The largest absolute Gasteiger partial charge is 0.707 e. The van der Waals surface area contributed by atoms with E-state index >= 15 is 0 Å². The molecule has 0 aromatic heterocycles. The maximum Gasteiger partial charge on any atom is 0.707 e. The molecule has 0 aliphatic carbocycles. The summed E-state index contributed by atoms with van der Waals surface area (Å²) in [7, 11) is -1.82. The summed E-state index contributed by atoms with van der Waals surface area (Å²) in [6.07, 6.45) is 0. The quantitative estimate of drug-likeness (QED) is 0.715. The molecule has 0 aliphatic rings. The van der Waals surface area contributed by atoms with Gasteiger partial charge in [0.1, 0.15) is 5.75 Å². The van der Waals surface area contributed by atoms with Crippen molar-refractivity contribution in [3.05, 3.63) is 65.1 Å². The van der Waals surface area contributed by atoms with Crippen LogP contribution in [0.4, 0.5) is 0 Å². The second-order valence-electron chi connectivity index (χ2n) is 4.62. The van der Waals surface area contributed by atoms with E-state index in [2.05, 4.69) is 28.1 Å². The lowest BCUT2D eigenvalue weighted by Gasteiger charge is -2.11. The highest BCUT2D eigenvalue weighted by Crippen LogP contribution is 2.35. The normalized spacial score (nSPS) is 10.6. The molecule has 104 valence electrons. The molecule has 0 atom stereocenters. The van der Waals surface area contributed by atoms with Crippen molar-refractivity contribution in [2.24, 2.45) is 0 Å². The lowest BCUT2D eigenvalue weighted by Crippen LogP contribution is -2.20. The third-order valence-corrected chi connectivity index (χ3v) is 3.90. The van der Waals surface area contributed by atoms with Crippen LogP contribution >= 0.6 is 15.9 Å². The number of hydrogen-bond donors (Lipinski definition) is 2. The van der Waals surface area contributed by atoms with Crippen LogP contribution in [0, 0.1) is 0 Å². The molecule has 0 radical (unpaired) electrons. The van der Waals surface area contributed by atoms with Gasteiger partial charge in [-0.1, -0.05) is 58.4 Å². The zero-order chi connectivity index (χ0) is 14.8. The van der Waals surface area contributed by atoms with Crippen molar-refractivity contribution in [3.63, 3.8) is 0 Å². The molecule has 3 rings (SSSR count). The molecule has 0 amide bonds. The summed E-state index contributed by atoms with van der Waals surface area (Å²) < 4.78 is 5.94. The lowest BCUT2D eigenvalue weighted by molar-refractivity contribution is 0.288. The van der Waals surface area contributed by atoms with Crippen molar-refractivity contribution in [1.29, 1.82) is 0 Å². The van der Waals surface area contributed by atoms with Gasteiger partial charge in [-0.15, -0.1) is 0 Å². The molecular weight excluding hydrogens is 331 g/mol. The van der Waals surface area contributed by atoms with Gasteiger partial charge in [-0.2, -0.15) is 0 Å². The highest BCUT2D eigenvalue weighted by Gasteiger charge is 2.12. The number of hydrogen-bond acceptors (Lipinski definition) is 3. The molecule has 0 unspecified atom stereocenters. The Kier molecular flexibility index (Phi) is 3.97. The van der Waals surface area contributed by atoms with E-state index in [0.29, 0.717) is 5.75 Å². The van der Waals surface area contributed by atoms with E-state index in [1.54, 1.807) is 12.1 Å². The molecule has 3 aromatic carbocycles. The minimum Gasteiger partial charge on any atom is -0.512 e. The summed E-state index contributed by atoms with van der Waals surface area (Å²) in [5.74, 6) is 0.409. The van der Waals surface area contributed by atoms with Gasteiger partial charge in [0.05, 0.1) is 0 Å². The van der Waals surface area contributed by atoms with Gasteiger partial charge in [-0.05, 0) is 34.7 Å². The summed E-state index contributed by atoms with van der Waals surface area (Å²) in [6, 6.07) is 19.4. The van der Waals surface area contributed by atoms with Gasteiger partial charge in [-0.25, -0.2) is 0 Å². The standard InChI is InChI=1S/C16H12BBrO3/c18-15-9-3-5-11-4-2-8-14(16(11)15)12-6-1-7-13(10-12)21-17(19)20/h1-10,19-20H. The van der Waals surface area contributed by atoms with Gasteiger partial charge in [0.15, 0.2) is 0 Å². The smallest absolute Gasteiger partial charge is 0.512 e. The summed E-state index contributed by atoms with van der Waals surface area (Å²) in [6.45, 7) is 0. The second kappa shape index (κ2) is 5.89. The summed E-state index contributed by atoms with van der Waals surface area (Å²) in [4.78, 5) is 0. The van der Waals surface area contributed by atoms with Gasteiger partial charge in [0.25, 0.3) is 0 Å². The predicted molar refractivity (Wildman–Crippen MR) is 87.9 cm³/mol. The third-order valence-electron chi connectivity index (χ3n) is 3.24. The fourth-order valence-electron chi connectivity index (χ4n) is 2.39. The molecule has 3 nitrogen and oxygen atoms in total. The van der Waals surface area contributed by atoms with Crippen molar-refractivity contribution in [3.8, 4) is 16.9 Å². The Morgan fingerprint density at radius 2 is 1.62 bits per heavy atom. The summed E-state index contributed by atoms with van der Waals surface area (Å²) in [5.41, 5.74) is 2.00. The van der Waals surface area contributed by atoms with E-state index in [1.807, 2.05) is 36.4 Å². The van der Waals surface area contributed by atoms with Crippen LogP contribution < -0.4 is 4.65 Å². The molecule has 0 heterocycles. The average molecular weight is 343 g/mol. The van der Waals surface area contributed by atoms with Crippen LogP contribution in [-0.4, -0.2) is 17.4 Å². The van der Waals surface area contributed by atoms with Crippen molar-refractivity contribution < 1.29 is 14.7 Å². The first-order chi connectivity index (χ1) is 10.1. The van der Waals surface area contributed by atoms with Crippen LogP contribution in [0.5, 0.6) is 5.75 Å². The fourth-order valence-corrected chi connectivity index (χ4v) is 2.99. The molecule has 21 heavy (non-hydrogen) atoms. The monoisotopic (exact) mass is 342 g/mol. The second-order valence-corrected chi connectivity index (χ2v) is 5.47. The molecular formula is C16H12BBrO3. The Labute approximate surface area is 131 Å². The highest BCUT2D eigenvalue weighted by molar-refractivity contribution is 9.10. The van der Waals surface area contributed by atoms with Crippen LogP contribution in [0.3, 0.4) is 0 Å². The first-order valence-corrected chi connectivity index (χ1v) is 7.25. The molecule has 0 spiro atoms. The van der Waals surface area contributed by atoms with E-state index < -0.39 is 7.32 Å². The SMILES string of the molecule is OB(O)Oc1cccc(-c2cccc3cccc(Br)c23)c1. The maximum atomic E-state index is 8.91. The van der Waals surface area contributed by atoms with Crippen LogP contribution in [0.15, 0.2) is 65.1 Å². The highest BCUT2D eigenvalue weighted by atomic mass is 79.9. The average Bonchev–Trinajstić information content (AvgIpc) is 2.46. The zero-order valence-corrected chi connectivity index (χ0v) is 12.6. The van der Waals surface area contributed by atoms with Crippen LogP contribution in [0.25, 0.3) is 21.9 Å². The van der Waals surface area contributed by atoms with Gasteiger partial charge >= 0.3 is 7.32 Å². The van der Waals surface area contributed by atoms with E-state index in [9.17, 15) is 0 Å². The van der Waals surface area contributed by atoms with Gasteiger partial charge in [0, 0.05) is 9.86 Å². The van der Waals surface area contributed by atoms with Gasteiger partial charge in [-0.3, -0.25) is 0 Å². The number of halogens is 1. The van der Waals surface area contributed by atoms with Gasteiger partial charge in [0.2, 0.25) is 0 Å². The first-order valence-electron chi connectivity index (χ1n) is 6.45. The molecule has 0 fully saturated rings. The number of benzene rings is 3. The molecule has 0 saturated carbocycles. The predicted octanol–water partition coefficient (Wildman–Crippen LogP) is 3.62.